The first kappa shape index (κ1) is 45.0. The van der Waals surface area contributed by atoms with Gasteiger partial charge in [0.1, 0.15) is 29.3 Å². The van der Waals surface area contributed by atoms with Crippen LogP contribution in [0, 0.1) is 5.92 Å². The summed E-state index contributed by atoms with van der Waals surface area (Å²) in [6.45, 7) is 19.7. The van der Waals surface area contributed by atoms with Crippen molar-refractivity contribution in [3.05, 3.63) is 108 Å². The van der Waals surface area contributed by atoms with E-state index in [-0.39, 0.29) is 18.3 Å². The van der Waals surface area contributed by atoms with Crippen molar-refractivity contribution >= 4 is 35.6 Å². The van der Waals surface area contributed by atoms with Gasteiger partial charge in [0, 0.05) is 5.75 Å². The molecule has 0 heterocycles. The number of benzene rings is 3. The molecule has 55 heavy (non-hydrogen) atoms. The van der Waals surface area contributed by atoms with Gasteiger partial charge in [0.2, 0.25) is 11.8 Å². The van der Waals surface area contributed by atoms with Gasteiger partial charge in [0.25, 0.3) is 0 Å². The van der Waals surface area contributed by atoms with E-state index in [2.05, 4.69) is 16.0 Å². The minimum absolute atomic E-state index is 0.0511. The zero-order chi connectivity index (χ0) is 41.0. The van der Waals surface area contributed by atoms with Crippen molar-refractivity contribution in [2.75, 3.05) is 12.4 Å². The Balaban J connectivity index is 2.06. The number of rotatable bonds is 16. The van der Waals surface area contributed by atoms with Crippen molar-refractivity contribution in [3.8, 4) is 0 Å². The molecule has 0 aromatic heterocycles. The van der Waals surface area contributed by atoms with E-state index < -0.39 is 63.6 Å². The molecule has 0 bridgehead atoms. The average molecular weight is 776 g/mol. The third-order valence-electron chi connectivity index (χ3n) is 8.05. The summed E-state index contributed by atoms with van der Waals surface area (Å²) >= 11 is 1.48. The lowest BCUT2D eigenvalue weighted by Gasteiger charge is -2.36. The molecular formula is C44H61N3O7S. The van der Waals surface area contributed by atoms with Gasteiger partial charge < -0.3 is 30.2 Å². The zero-order valence-corrected chi connectivity index (χ0v) is 35.2. The summed E-state index contributed by atoms with van der Waals surface area (Å²) in [6.07, 6.45) is -0.464. The van der Waals surface area contributed by atoms with Gasteiger partial charge >= 0.3 is 12.1 Å². The molecule has 10 nitrogen and oxygen atoms in total. The fraction of sp³-hybridized carbons (Fsp3) is 0.500. The van der Waals surface area contributed by atoms with Crippen LogP contribution in [0.2, 0.25) is 0 Å². The van der Waals surface area contributed by atoms with Gasteiger partial charge in [-0.1, -0.05) is 105 Å². The second-order valence-corrected chi connectivity index (χ2v) is 18.2. The van der Waals surface area contributed by atoms with Crippen LogP contribution < -0.4 is 16.0 Å². The fourth-order valence-electron chi connectivity index (χ4n) is 5.73. The summed E-state index contributed by atoms with van der Waals surface area (Å²) < 4.78 is 16.5. The lowest BCUT2D eigenvalue weighted by atomic mass is 9.84. The minimum atomic E-state index is -1.22. The van der Waals surface area contributed by atoms with E-state index in [9.17, 15) is 19.2 Å². The molecule has 0 fully saturated rings. The summed E-state index contributed by atoms with van der Waals surface area (Å²) in [5.41, 5.74) is 0.660. The highest BCUT2D eigenvalue weighted by molar-refractivity contribution is 8.00. The third kappa shape index (κ3) is 14.7. The molecule has 0 unspecified atom stereocenters. The molecule has 0 aliphatic rings. The molecule has 0 radical (unpaired) electrons. The third-order valence-corrected chi connectivity index (χ3v) is 9.69. The van der Waals surface area contributed by atoms with E-state index >= 15 is 0 Å². The first-order valence-electron chi connectivity index (χ1n) is 18.9. The van der Waals surface area contributed by atoms with Crippen LogP contribution in [0.3, 0.4) is 0 Å². The van der Waals surface area contributed by atoms with Crippen molar-refractivity contribution in [2.24, 2.45) is 5.92 Å². The Morgan fingerprint density at radius 1 is 0.564 bits per heavy atom. The molecule has 0 saturated carbocycles. The molecule has 11 heteroatoms. The number of carbonyl (C=O) groups excluding carboxylic acids is 4. The summed E-state index contributed by atoms with van der Waals surface area (Å²) in [5.74, 6) is -1.69. The summed E-state index contributed by atoms with van der Waals surface area (Å²) in [5, 5.41) is 8.45. The Morgan fingerprint density at radius 2 is 0.982 bits per heavy atom. The average Bonchev–Trinajstić information content (AvgIpc) is 3.08. The monoisotopic (exact) mass is 775 g/mol. The second-order valence-electron chi connectivity index (χ2n) is 17.0. The lowest BCUT2D eigenvalue weighted by Crippen LogP contribution is -2.59. The summed E-state index contributed by atoms with van der Waals surface area (Å²) in [4.78, 5) is 55.1. The molecule has 0 spiro atoms. The van der Waals surface area contributed by atoms with E-state index in [4.69, 9.17) is 14.2 Å². The van der Waals surface area contributed by atoms with E-state index in [1.807, 2.05) is 126 Å². The number of hydrogen-bond donors (Lipinski definition) is 3. The van der Waals surface area contributed by atoms with Crippen molar-refractivity contribution in [3.63, 3.8) is 0 Å². The molecule has 0 aliphatic heterocycles. The summed E-state index contributed by atoms with van der Waals surface area (Å²) in [6, 6.07) is 26.6. The van der Waals surface area contributed by atoms with Gasteiger partial charge in [-0.05, 0) is 91.3 Å². The Kier molecular flexibility index (Phi) is 16.0. The van der Waals surface area contributed by atoms with Crippen LogP contribution in [-0.2, 0) is 33.3 Å². The molecule has 300 valence electrons. The Hall–Kier alpha value is -4.35. The largest absolute Gasteiger partial charge is 0.458 e. The number of thioether (sulfide) groups is 1. The SMILES string of the molecule is CC(C)C[C@@H](NC(=O)[C@@H](COC(C)(C)C)NC(=O)[C@@H](CSC(c1ccccc1)(c1ccccc1)c1ccccc1)NC(=O)OC(C)(C)C)C(=O)OC(C)(C)C. The molecule has 3 amide bonds. The van der Waals surface area contributed by atoms with Crippen LogP contribution in [0.4, 0.5) is 4.79 Å². The van der Waals surface area contributed by atoms with Gasteiger partial charge in [-0.3, -0.25) is 9.59 Å². The van der Waals surface area contributed by atoms with Crippen molar-refractivity contribution < 1.29 is 33.4 Å². The van der Waals surface area contributed by atoms with Crippen LogP contribution in [0.1, 0.15) is 99.3 Å². The lowest BCUT2D eigenvalue weighted by molar-refractivity contribution is -0.159. The fourth-order valence-corrected chi connectivity index (χ4v) is 7.29. The van der Waals surface area contributed by atoms with Gasteiger partial charge in [-0.15, -0.1) is 11.8 Å². The van der Waals surface area contributed by atoms with Gasteiger partial charge in [-0.2, -0.15) is 0 Å². The topological polar surface area (TPSA) is 132 Å². The number of amides is 3. The van der Waals surface area contributed by atoms with Crippen LogP contribution in [0.5, 0.6) is 0 Å². The normalized spacial score (nSPS) is 14.0. The predicted octanol–water partition coefficient (Wildman–Crippen LogP) is 7.78. The van der Waals surface area contributed by atoms with Crippen LogP contribution in [0.25, 0.3) is 0 Å². The Bertz CT molecular complexity index is 1580. The summed E-state index contributed by atoms with van der Waals surface area (Å²) in [7, 11) is 0. The molecule has 3 N–H and O–H groups in total. The highest BCUT2D eigenvalue weighted by Gasteiger charge is 2.40. The molecule has 3 aromatic rings. The van der Waals surface area contributed by atoms with E-state index in [1.165, 1.54) is 11.8 Å². The van der Waals surface area contributed by atoms with Crippen molar-refractivity contribution in [1.29, 1.82) is 0 Å². The maximum absolute atomic E-state index is 14.5. The number of carbonyl (C=O) groups is 4. The minimum Gasteiger partial charge on any atom is -0.458 e. The maximum Gasteiger partial charge on any atom is 0.408 e. The second kappa shape index (κ2) is 19.5. The number of hydrogen-bond acceptors (Lipinski definition) is 8. The Labute approximate surface area is 332 Å². The van der Waals surface area contributed by atoms with Gasteiger partial charge in [-0.25, -0.2) is 9.59 Å². The number of esters is 1. The Morgan fingerprint density at radius 3 is 1.38 bits per heavy atom. The standard InChI is InChI=1S/C44H61N3O7S/c1-30(2)27-34(39(50)53-42(6,7)8)45-37(48)35(28-52-41(3,4)5)46-38(49)36(47-40(51)54-43(9,10)11)29-55-44(31-21-15-12-16-22-31,32-23-17-13-18-24-32)33-25-19-14-20-26-33/h12-26,30,34-36H,27-29H2,1-11H3,(H,45,48)(H,46,49)(H,47,51)/t34-,35-,36-/m1/s1. The van der Waals surface area contributed by atoms with Crippen molar-refractivity contribution in [2.45, 2.75) is 122 Å². The van der Waals surface area contributed by atoms with Gasteiger partial charge in [0.15, 0.2) is 0 Å². The zero-order valence-electron chi connectivity index (χ0n) is 34.4. The highest BCUT2D eigenvalue weighted by atomic mass is 32.2. The smallest absolute Gasteiger partial charge is 0.408 e. The first-order chi connectivity index (χ1) is 25.6. The molecule has 3 aromatic carbocycles. The quantitative estimate of drug-likeness (QED) is 0.0994. The van der Waals surface area contributed by atoms with E-state index in [0.29, 0.717) is 6.42 Å². The van der Waals surface area contributed by atoms with Gasteiger partial charge in [0.05, 0.1) is 17.0 Å². The van der Waals surface area contributed by atoms with Crippen LogP contribution >= 0.6 is 11.8 Å². The molecular weight excluding hydrogens is 715 g/mol. The van der Waals surface area contributed by atoms with Crippen molar-refractivity contribution in [1.82, 2.24) is 16.0 Å². The van der Waals surface area contributed by atoms with E-state index in [0.717, 1.165) is 16.7 Å². The first-order valence-corrected chi connectivity index (χ1v) is 19.9. The molecule has 0 saturated heterocycles. The van der Waals surface area contributed by atoms with Crippen LogP contribution in [0.15, 0.2) is 91.0 Å². The molecule has 0 aliphatic carbocycles. The predicted molar refractivity (Wildman–Crippen MR) is 220 cm³/mol. The van der Waals surface area contributed by atoms with Crippen LogP contribution in [-0.4, -0.2) is 71.2 Å². The number of alkyl carbamates (subject to hydrolysis) is 1. The van der Waals surface area contributed by atoms with E-state index in [1.54, 1.807) is 41.5 Å². The highest BCUT2D eigenvalue weighted by Crippen LogP contribution is 2.48. The number of nitrogens with one attached hydrogen (secondary N) is 3. The molecule has 3 rings (SSSR count). The molecule has 3 atom stereocenters. The number of ether oxygens (including phenoxy) is 3. The maximum atomic E-state index is 14.5.